The predicted molar refractivity (Wildman–Crippen MR) is 62.8 cm³/mol. The van der Waals surface area contributed by atoms with Crippen LogP contribution in [0.2, 0.25) is 5.02 Å². The van der Waals surface area contributed by atoms with Gasteiger partial charge in [-0.15, -0.1) is 0 Å². The molecule has 0 aromatic heterocycles. The molecule has 0 bridgehead atoms. The lowest BCUT2D eigenvalue weighted by atomic mass is 10.3. The van der Waals surface area contributed by atoms with Gasteiger partial charge in [-0.1, -0.05) is 11.6 Å². The monoisotopic (exact) mass is 241 g/mol. The van der Waals surface area contributed by atoms with Crippen LogP contribution in [0.5, 0.6) is 5.75 Å². The molecule has 0 aliphatic heterocycles. The predicted octanol–water partition coefficient (Wildman–Crippen LogP) is 2.45. The second kappa shape index (κ2) is 6.02. The maximum absolute atomic E-state index is 10.8. The molecule has 0 aliphatic rings. The average molecular weight is 242 g/mol. The van der Waals surface area contributed by atoms with Crippen LogP contribution in [0, 0.1) is 0 Å². The van der Waals surface area contributed by atoms with Crippen LogP contribution in [0.3, 0.4) is 0 Å². The molecule has 0 saturated heterocycles. The number of ether oxygens (including phenoxy) is 2. The summed E-state index contributed by atoms with van der Waals surface area (Å²) in [5, 5.41) is 3.42. The highest BCUT2D eigenvalue weighted by molar-refractivity contribution is 6.32. The number of benzene rings is 1. The Hall–Kier alpha value is -1.68. The molecule has 1 N–H and O–H groups in total. The lowest BCUT2D eigenvalue weighted by molar-refractivity contribution is -0.134. The summed E-state index contributed by atoms with van der Waals surface area (Å²) in [5.74, 6) is 0.145. The normalized spacial score (nSPS) is 10.2. The molecule has 1 aromatic rings. The second-order valence-corrected chi connectivity index (χ2v) is 3.26. The van der Waals surface area contributed by atoms with Crippen LogP contribution < -0.4 is 10.1 Å². The first kappa shape index (κ1) is 12.4. The van der Waals surface area contributed by atoms with Crippen LogP contribution in [0.4, 0.5) is 5.69 Å². The Bertz CT molecular complexity index is 404. The summed E-state index contributed by atoms with van der Waals surface area (Å²) in [6, 6.07) is 5.20. The number of nitrogens with one attached hydrogen (secondary N) is 1. The van der Waals surface area contributed by atoms with Gasteiger partial charge in [-0.2, -0.15) is 0 Å². The molecule has 1 rings (SSSR count). The van der Waals surface area contributed by atoms with E-state index < -0.39 is 5.97 Å². The Morgan fingerprint density at radius 1 is 1.44 bits per heavy atom. The zero-order valence-corrected chi connectivity index (χ0v) is 9.75. The number of carbonyl (C=O) groups excluding carboxylic acids is 1. The largest absolute Gasteiger partial charge is 0.495 e. The Morgan fingerprint density at radius 3 is 2.81 bits per heavy atom. The zero-order chi connectivity index (χ0) is 12.0. The molecule has 0 unspecified atom stereocenters. The van der Waals surface area contributed by atoms with Gasteiger partial charge in [0.25, 0.3) is 0 Å². The van der Waals surface area contributed by atoms with E-state index in [0.717, 1.165) is 5.69 Å². The summed E-state index contributed by atoms with van der Waals surface area (Å²) < 4.78 is 9.49. The number of hydrogen-bond donors (Lipinski definition) is 1. The summed E-state index contributed by atoms with van der Waals surface area (Å²) >= 11 is 5.86. The molecule has 86 valence electrons. The molecule has 0 saturated carbocycles. The Morgan fingerprint density at radius 2 is 2.19 bits per heavy atom. The van der Waals surface area contributed by atoms with E-state index in [0.29, 0.717) is 10.8 Å². The highest BCUT2D eigenvalue weighted by atomic mass is 35.5. The van der Waals surface area contributed by atoms with Gasteiger partial charge in [-0.3, -0.25) is 0 Å². The number of rotatable bonds is 4. The topological polar surface area (TPSA) is 47.6 Å². The first-order valence-electron chi connectivity index (χ1n) is 4.52. The fourth-order valence-electron chi connectivity index (χ4n) is 1.02. The number of esters is 1. The minimum absolute atomic E-state index is 0.423. The highest BCUT2D eigenvalue weighted by Gasteiger charge is 2.00. The maximum Gasteiger partial charge on any atom is 0.331 e. The summed E-state index contributed by atoms with van der Waals surface area (Å²) in [7, 11) is 2.85. The molecule has 0 atom stereocenters. The number of carbonyl (C=O) groups is 1. The van der Waals surface area contributed by atoms with Gasteiger partial charge in [0, 0.05) is 24.0 Å². The van der Waals surface area contributed by atoms with Gasteiger partial charge >= 0.3 is 5.97 Å². The van der Waals surface area contributed by atoms with Gasteiger partial charge in [-0.25, -0.2) is 4.79 Å². The summed E-state index contributed by atoms with van der Waals surface area (Å²) in [4.78, 5) is 10.8. The number of methoxy groups -OCH3 is 2. The third-order valence-electron chi connectivity index (χ3n) is 1.82. The van der Waals surface area contributed by atoms with Crippen LogP contribution in [-0.4, -0.2) is 20.2 Å². The van der Waals surface area contributed by atoms with Crippen LogP contribution in [0.25, 0.3) is 0 Å². The van der Waals surface area contributed by atoms with Crippen molar-refractivity contribution in [1.82, 2.24) is 0 Å². The van der Waals surface area contributed by atoms with Crippen LogP contribution in [0.1, 0.15) is 0 Å². The molecule has 5 heteroatoms. The number of anilines is 1. The van der Waals surface area contributed by atoms with Crippen LogP contribution >= 0.6 is 11.6 Å². The molecular weight excluding hydrogens is 230 g/mol. The van der Waals surface area contributed by atoms with Crippen molar-refractivity contribution in [3.8, 4) is 5.75 Å². The summed E-state index contributed by atoms with van der Waals surface area (Å²) in [5.41, 5.74) is 0.765. The number of hydrogen-bond acceptors (Lipinski definition) is 4. The van der Waals surface area contributed by atoms with Crippen LogP contribution in [-0.2, 0) is 9.53 Å². The van der Waals surface area contributed by atoms with E-state index in [1.807, 2.05) is 0 Å². The van der Waals surface area contributed by atoms with Gasteiger partial charge in [0.1, 0.15) is 5.75 Å². The third-order valence-corrected chi connectivity index (χ3v) is 2.13. The fourth-order valence-corrected chi connectivity index (χ4v) is 1.22. The molecule has 4 nitrogen and oxygen atoms in total. The minimum atomic E-state index is -0.423. The van der Waals surface area contributed by atoms with E-state index in [1.54, 1.807) is 18.2 Å². The van der Waals surface area contributed by atoms with E-state index in [-0.39, 0.29) is 0 Å². The third kappa shape index (κ3) is 3.47. The zero-order valence-electron chi connectivity index (χ0n) is 8.99. The molecule has 0 aliphatic carbocycles. The Balaban J connectivity index is 2.68. The molecule has 0 spiro atoms. The Kier molecular flexibility index (Phi) is 4.66. The van der Waals surface area contributed by atoms with E-state index >= 15 is 0 Å². The first-order chi connectivity index (χ1) is 7.67. The average Bonchev–Trinajstić information content (AvgIpc) is 2.31. The van der Waals surface area contributed by atoms with Crippen molar-refractivity contribution < 1.29 is 14.3 Å². The standard InChI is InChI=1S/C11H12ClNO3/c1-15-10-7-8(3-4-9(10)12)13-6-5-11(14)16-2/h3-7,13H,1-2H3/b6-5+. The highest BCUT2D eigenvalue weighted by Crippen LogP contribution is 2.27. The maximum atomic E-state index is 10.8. The Labute approximate surface area is 98.8 Å². The quantitative estimate of drug-likeness (QED) is 0.650. The van der Waals surface area contributed by atoms with Gasteiger partial charge in [0.15, 0.2) is 0 Å². The SMILES string of the molecule is COC(=O)/C=C/Nc1ccc(Cl)c(OC)c1. The van der Waals surface area contributed by atoms with Crippen molar-refractivity contribution in [2.24, 2.45) is 0 Å². The van der Waals surface area contributed by atoms with Gasteiger partial charge in [0.2, 0.25) is 0 Å². The lowest BCUT2D eigenvalue weighted by Gasteiger charge is -2.05. The summed E-state index contributed by atoms with van der Waals surface area (Å²) in [6.07, 6.45) is 2.76. The molecule has 1 aromatic carbocycles. The smallest absolute Gasteiger partial charge is 0.331 e. The van der Waals surface area contributed by atoms with Crippen molar-refractivity contribution in [2.45, 2.75) is 0 Å². The molecule has 16 heavy (non-hydrogen) atoms. The molecule has 0 fully saturated rings. The molecule has 0 heterocycles. The second-order valence-electron chi connectivity index (χ2n) is 2.85. The first-order valence-corrected chi connectivity index (χ1v) is 4.89. The molecule has 0 radical (unpaired) electrons. The number of halogens is 1. The van der Waals surface area contributed by atoms with Gasteiger partial charge in [0.05, 0.1) is 19.2 Å². The van der Waals surface area contributed by atoms with Crippen molar-refractivity contribution in [1.29, 1.82) is 0 Å². The van der Waals surface area contributed by atoms with Gasteiger partial charge in [-0.05, 0) is 12.1 Å². The summed E-state index contributed by atoms with van der Waals surface area (Å²) in [6.45, 7) is 0. The van der Waals surface area contributed by atoms with E-state index in [4.69, 9.17) is 16.3 Å². The van der Waals surface area contributed by atoms with Crippen LogP contribution in [0.15, 0.2) is 30.5 Å². The van der Waals surface area contributed by atoms with E-state index in [2.05, 4.69) is 10.1 Å². The fraction of sp³-hybridized carbons (Fsp3) is 0.182. The minimum Gasteiger partial charge on any atom is -0.495 e. The van der Waals surface area contributed by atoms with Crippen molar-refractivity contribution in [2.75, 3.05) is 19.5 Å². The van der Waals surface area contributed by atoms with Crippen molar-refractivity contribution >= 4 is 23.3 Å². The lowest BCUT2D eigenvalue weighted by Crippen LogP contribution is -1.96. The van der Waals surface area contributed by atoms with Gasteiger partial charge < -0.3 is 14.8 Å². The van der Waals surface area contributed by atoms with Crippen molar-refractivity contribution in [3.05, 3.63) is 35.5 Å². The molecular formula is C11H12ClNO3. The van der Waals surface area contributed by atoms with E-state index in [9.17, 15) is 4.79 Å². The van der Waals surface area contributed by atoms with E-state index in [1.165, 1.54) is 26.5 Å². The molecule has 0 amide bonds. The van der Waals surface area contributed by atoms with Crippen molar-refractivity contribution in [3.63, 3.8) is 0 Å².